The van der Waals surface area contributed by atoms with Crippen molar-refractivity contribution in [3.63, 3.8) is 0 Å². The Balaban J connectivity index is 1.67. The highest BCUT2D eigenvalue weighted by Gasteiger charge is 2.26. The first kappa shape index (κ1) is 21.0. The highest BCUT2D eigenvalue weighted by atomic mass is 16.5. The molecule has 0 saturated heterocycles. The lowest BCUT2D eigenvalue weighted by Crippen LogP contribution is -2.18. The Morgan fingerprint density at radius 1 is 0.733 bits per heavy atom. The van der Waals surface area contributed by atoms with Gasteiger partial charge in [0.1, 0.15) is 41.8 Å². The molecule has 0 aromatic heterocycles. The maximum Gasteiger partial charge on any atom is 0.379 e. The number of esters is 1. The van der Waals surface area contributed by atoms with Gasteiger partial charge in [0, 0.05) is 12.1 Å². The largest absolute Gasteiger partial charge is 0.496 e. The van der Waals surface area contributed by atoms with Gasteiger partial charge in [-0.15, -0.1) is 0 Å². The summed E-state index contributed by atoms with van der Waals surface area (Å²) in [5.41, 5.74) is -0.0217. The van der Waals surface area contributed by atoms with Crippen LogP contribution in [0.3, 0.4) is 0 Å². The molecule has 3 aromatic carbocycles. The van der Waals surface area contributed by atoms with E-state index in [1.165, 1.54) is 26.4 Å². The van der Waals surface area contributed by atoms with Gasteiger partial charge in [0.25, 0.3) is 5.78 Å². The van der Waals surface area contributed by atoms with Crippen LogP contribution in [0.5, 0.6) is 23.0 Å². The summed E-state index contributed by atoms with van der Waals surface area (Å²) in [7, 11) is 3.90. The van der Waals surface area contributed by atoms with Crippen LogP contribution in [0.2, 0.25) is 0 Å². The molecule has 0 amide bonds. The number of carbonyl (C=O) groups excluding carboxylic acids is 2. The summed E-state index contributed by atoms with van der Waals surface area (Å²) in [6.07, 6.45) is 0. The van der Waals surface area contributed by atoms with E-state index in [9.17, 15) is 9.59 Å². The number of ketones is 1. The van der Waals surface area contributed by atoms with Crippen molar-refractivity contribution in [3.8, 4) is 23.0 Å². The molecule has 0 aliphatic rings. The van der Waals surface area contributed by atoms with Crippen molar-refractivity contribution in [1.29, 1.82) is 0 Å². The standard InChI is InChI=1S/C23H22O7/c1-26-19-13-18(14-20(27-2)21(19)22(24)23(25)28-3)30-11-10-29-17-9-8-15-6-4-5-7-16(15)12-17/h4-9,12-14H,10-11H2,1-3H3. The van der Waals surface area contributed by atoms with Gasteiger partial charge in [-0.1, -0.05) is 30.3 Å². The number of fused-ring (bicyclic) bond motifs is 1. The molecule has 0 aliphatic heterocycles. The van der Waals surface area contributed by atoms with E-state index in [4.69, 9.17) is 18.9 Å². The van der Waals surface area contributed by atoms with Crippen LogP contribution in [0.1, 0.15) is 10.4 Å². The Morgan fingerprint density at radius 2 is 1.33 bits per heavy atom. The molecule has 7 nitrogen and oxygen atoms in total. The second kappa shape index (κ2) is 9.65. The molecule has 0 unspecified atom stereocenters. The van der Waals surface area contributed by atoms with E-state index >= 15 is 0 Å². The van der Waals surface area contributed by atoms with E-state index in [-0.39, 0.29) is 23.7 Å². The van der Waals surface area contributed by atoms with Crippen LogP contribution in [-0.2, 0) is 9.53 Å². The van der Waals surface area contributed by atoms with Gasteiger partial charge in [-0.3, -0.25) is 4.79 Å². The zero-order valence-electron chi connectivity index (χ0n) is 17.0. The van der Waals surface area contributed by atoms with Gasteiger partial charge in [0.15, 0.2) is 0 Å². The van der Waals surface area contributed by atoms with Gasteiger partial charge in [-0.2, -0.15) is 0 Å². The summed E-state index contributed by atoms with van der Waals surface area (Å²) in [6.45, 7) is 0.565. The minimum atomic E-state index is -1.01. The second-order valence-electron chi connectivity index (χ2n) is 6.23. The average Bonchev–Trinajstić information content (AvgIpc) is 2.79. The highest BCUT2D eigenvalue weighted by Crippen LogP contribution is 2.34. The van der Waals surface area contributed by atoms with E-state index < -0.39 is 11.8 Å². The molecule has 156 valence electrons. The Kier molecular flexibility index (Phi) is 6.75. The van der Waals surface area contributed by atoms with Crippen molar-refractivity contribution >= 4 is 22.5 Å². The zero-order chi connectivity index (χ0) is 21.5. The molecule has 0 aliphatic carbocycles. The normalized spacial score (nSPS) is 10.4. The fourth-order valence-corrected chi connectivity index (χ4v) is 2.97. The first-order valence-electron chi connectivity index (χ1n) is 9.20. The predicted octanol–water partition coefficient (Wildman–Crippen LogP) is 3.67. The van der Waals surface area contributed by atoms with Crippen LogP contribution in [0.4, 0.5) is 0 Å². The van der Waals surface area contributed by atoms with E-state index in [2.05, 4.69) is 4.74 Å². The molecule has 30 heavy (non-hydrogen) atoms. The van der Waals surface area contributed by atoms with Crippen LogP contribution in [0.25, 0.3) is 10.8 Å². The molecular weight excluding hydrogens is 388 g/mol. The molecule has 0 bridgehead atoms. The van der Waals surface area contributed by atoms with Crippen LogP contribution in [0.15, 0.2) is 54.6 Å². The molecule has 0 N–H and O–H groups in total. The van der Waals surface area contributed by atoms with Gasteiger partial charge in [0.2, 0.25) is 0 Å². The summed E-state index contributed by atoms with van der Waals surface area (Å²) in [4.78, 5) is 23.9. The highest BCUT2D eigenvalue weighted by molar-refractivity contribution is 6.42. The maximum atomic E-state index is 12.3. The van der Waals surface area contributed by atoms with Crippen LogP contribution in [-0.4, -0.2) is 46.3 Å². The lowest BCUT2D eigenvalue weighted by molar-refractivity contribution is -0.135. The van der Waals surface area contributed by atoms with Crippen molar-refractivity contribution in [2.75, 3.05) is 34.5 Å². The predicted molar refractivity (Wildman–Crippen MR) is 111 cm³/mol. The minimum absolute atomic E-state index is 0.0217. The maximum absolute atomic E-state index is 12.3. The number of rotatable bonds is 9. The van der Waals surface area contributed by atoms with Crippen molar-refractivity contribution in [1.82, 2.24) is 0 Å². The van der Waals surface area contributed by atoms with Crippen molar-refractivity contribution < 1.29 is 33.3 Å². The number of hydrogen-bond acceptors (Lipinski definition) is 7. The Labute approximate surface area is 174 Å². The number of ether oxygens (including phenoxy) is 5. The number of methoxy groups -OCH3 is 3. The summed E-state index contributed by atoms with van der Waals surface area (Å²) in [5, 5.41) is 2.23. The average molecular weight is 410 g/mol. The SMILES string of the molecule is COC(=O)C(=O)c1c(OC)cc(OCCOc2ccc3ccccc3c2)cc1OC. The van der Waals surface area contributed by atoms with E-state index in [0.717, 1.165) is 23.6 Å². The van der Waals surface area contributed by atoms with Crippen molar-refractivity contribution in [2.24, 2.45) is 0 Å². The molecule has 0 radical (unpaired) electrons. The third-order valence-corrected chi connectivity index (χ3v) is 4.42. The van der Waals surface area contributed by atoms with Crippen molar-refractivity contribution in [2.45, 2.75) is 0 Å². The number of carbonyl (C=O) groups is 2. The van der Waals surface area contributed by atoms with Crippen LogP contribution in [0, 0.1) is 0 Å². The van der Waals surface area contributed by atoms with E-state index in [1.807, 2.05) is 42.5 Å². The minimum Gasteiger partial charge on any atom is -0.496 e. The van der Waals surface area contributed by atoms with Gasteiger partial charge in [0.05, 0.1) is 21.3 Å². The Morgan fingerprint density at radius 3 is 1.93 bits per heavy atom. The first-order chi connectivity index (χ1) is 14.6. The number of Topliss-reactive ketones (excluding diaryl/α,β-unsaturated/α-hetero) is 1. The lowest BCUT2D eigenvalue weighted by Gasteiger charge is -2.15. The van der Waals surface area contributed by atoms with Crippen LogP contribution >= 0.6 is 0 Å². The molecule has 7 heteroatoms. The lowest BCUT2D eigenvalue weighted by atomic mass is 10.1. The molecule has 0 saturated carbocycles. The van der Waals surface area contributed by atoms with E-state index in [0.29, 0.717) is 12.4 Å². The van der Waals surface area contributed by atoms with Gasteiger partial charge < -0.3 is 23.7 Å². The molecule has 3 aromatic rings. The molecule has 0 fully saturated rings. The number of benzene rings is 3. The molecule has 0 spiro atoms. The summed E-state index contributed by atoms with van der Waals surface area (Å²) in [5.74, 6) is -0.425. The fraction of sp³-hybridized carbons (Fsp3) is 0.217. The monoisotopic (exact) mass is 410 g/mol. The fourth-order valence-electron chi connectivity index (χ4n) is 2.97. The molecule has 0 heterocycles. The van der Waals surface area contributed by atoms with Gasteiger partial charge in [-0.25, -0.2) is 4.79 Å². The molecule has 0 atom stereocenters. The number of hydrogen-bond donors (Lipinski definition) is 0. The third kappa shape index (κ3) is 4.63. The summed E-state index contributed by atoms with van der Waals surface area (Å²) >= 11 is 0. The van der Waals surface area contributed by atoms with Gasteiger partial charge in [-0.05, 0) is 22.9 Å². The Hall–Kier alpha value is -3.74. The van der Waals surface area contributed by atoms with Crippen molar-refractivity contribution in [3.05, 3.63) is 60.2 Å². The molecular formula is C23H22O7. The van der Waals surface area contributed by atoms with Crippen LogP contribution < -0.4 is 18.9 Å². The third-order valence-electron chi connectivity index (χ3n) is 4.42. The zero-order valence-corrected chi connectivity index (χ0v) is 17.0. The van der Waals surface area contributed by atoms with E-state index in [1.54, 1.807) is 0 Å². The Bertz CT molecular complexity index is 1030. The smallest absolute Gasteiger partial charge is 0.379 e. The topological polar surface area (TPSA) is 80.3 Å². The second-order valence-corrected chi connectivity index (χ2v) is 6.23. The first-order valence-corrected chi connectivity index (χ1v) is 9.20. The summed E-state index contributed by atoms with van der Waals surface area (Å²) in [6, 6.07) is 16.9. The molecule has 3 rings (SSSR count). The quantitative estimate of drug-likeness (QED) is 0.230. The van der Waals surface area contributed by atoms with Gasteiger partial charge >= 0.3 is 5.97 Å². The summed E-state index contributed by atoms with van der Waals surface area (Å²) < 4.78 is 26.4.